The monoisotopic (exact) mass is 332 g/mol. The number of alkyl carbamates (subject to hydrolysis) is 1. The summed E-state index contributed by atoms with van der Waals surface area (Å²) in [6.45, 7) is 7.91. The summed E-state index contributed by atoms with van der Waals surface area (Å²) in [5.74, 6) is -0.682. The topological polar surface area (TPSA) is 116 Å². The number of aromatic nitrogens is 1. The minimum atomic E-state index is -1.11. The van der Waals surface area contributed by atoms with Crippen LogP contribution in [0.15, 0.2) is 6.07 Å². The normalized spacial score (nSPS) is 14.5. The van der Waals surface area contributed by atoms with Gasteiger partial charge in [-0.2, -0.15) is 5.26 Å². The van der Waals surface area contributed by atoms with Gasteiger partial charge >= 0.3 is 12.1 Å². The van der Waals surface area contributed by atoms with E-state index in [9.17, 15) is 14.9 Å². The Kier molecular flexibility index (Phi) is 4.64. The van der Waals surface area contributed by atoms with Gasteiger partial charge in [-0.3, -0.25) is 0 Å². The van der Waals surface area contributed by atoms with Gasteiger partial charge in [-0.25, -0.2) is 14.6 Å². The highest BCUT2D eigenvalue weighted by atomic mass is 16.6. The molecular weight excluding hydrogens is 312 g/mol. The number of carbonyl (C=O) groups is 2. The lowest BCUT2D eigenvalue weighted by molar-refractivity contribution is 0.0495. The molecule has 1 aliphatic rings. The Labute approximate surface area is 140 Å². The first-order chi connectivity index (χ1) is 11.1. The van der Waals surface area contributed by atoms with Crippen LogP contribution in [0.1, 0.15) is 42.4 Å². The molecule has 2 rings (SSSR count). The number of aryl methyl sites for hydroxylation is 1. The highest BCUT2D eigenvalue weighted by Crippen LogP contribution is 2.25. The van der Waals surface area contributed by atoms with Gasteiger partial charge in [-0.1, -0.05) is 0 Å². The zero-order valence-electron chi connectivity index (χ0n) is 14.1. The lowest BCUT2D eigenvalue weighted by Crippen LogP contribution is -2.60. The van der Waals surface area contributed by atoms with E-state index < -0.39 is 17.7 Å². The molecule has 1 aromatic rings. The molecule has 1 aliphatic heterocycles. The molecule has 24 heavy (non-hydrogen) atoms. The predicted octanol–water partition coefficient (Wildman–Crippen LogP) is 1.67. The molecule has 2 heterocycles. The van der Waals surface area contributed by atoms with Crippen molar-refractivity contribution >= 4 is 17.9 Å². The number of ether oxygens (including phenoxy) is 1. The Morgan fingerprint density at radius 3 is 2.58 bits per heavy atom. The maximum Gasteiger partial charge on any atom is 0.407 e. The largest absolute Gasteiger partial charge is 0.478 e. The summed E-state index contributed by atoms with van der Waals surface area (Å²) in [7, 11) is 0. The van der Waals surface area contributed by atoms with E-state index in [0.717, 1.165) is 0 Å². The van der Waals surface area contributed by atoms with Crippen LogP contribution < -0.4 is 10.2 Å². The van der Waals surface area contributed by atoms with Gasteiger partial charge in [0, 0.05) is 13.1 Å². The van der Waals surface area contributed by atoms with Crippen molar-refractivity contribution in [3.05, 3.63) is 22.9 Å². The van der Waals surface area contributed by atoms with Crippen LogP contribution in [0.25, 0.3) is 0 Å². The van der Waals surface area contributed by atoms with Crippen molar-refractivity contribution in [3.8, 4) is 6.07 Å². The van der Waals surface area contributed by atoms with E-state index in [2.05, 4.69) is 10.3 Å². The molecule has 0 radical (unpaired) electrons. The Morgan fingerprint density at radius 2 is 2.08 bits per heavy atom. The highest BCUT2D eigenvalue weighted by Gasteiger charge is 2.32. The summed E-state index contributed by atoms with van der Waals surface area (Å²) >= 11 is 0. The fraction of sp³-hybridized carbons (Fsp3) is 0.500. The maximum atomic E-state index is 11.7. The van der Waals surface area contributed by atoms with Crippen LogP contribution in [0.4, 0.5) is 10.6 Å². The second kappa shape index (κ2) is 6.35. The molecule has 8 nitrogen and oxygen atoms in total. The fourth-order valence-electron chi connectivity index (χ4n) is 2.35. The zero-order chi connectivity index (χ0) is 18.1. The Bertz CT molecular complexity index is 712. The molecule has 128 valence electrons. The number of anilines is 1. The van der Waals surface area contributed by atoms with E-state index >= 15 is 0 Å². The van der Waals surface area contributed by atoms with Crippen molar-refractivity contribution in [1.82, 2.24) is 10.3 Å². The number of aromatic carboxylic acids is 1. The molecule has 0 bridgehead atoms. The Balaban J connectivity index is 2.04. The smallest absolute Gasteiger partial charge is 0.407 e. The third-order valence-corrected chi connectivity index (χ3v) is 3.45. The minimum absolute atomic E-state index is 0.0132. The second-order valence-electron chi connectivity index (χ2n) is 6.66. The van der Waals surface area contributed by atoms with Gasteiger partial charge < -0.3 is 20.1 Å². The first-order valence-corrected chi connectivity index (χ1v) is 7.50. The van der Waals surface area contributed by atoms with Crippen LogP contribution in [0.5, 0.6) is 0 Å². The van der Waals surface area contributed by atoms with Crippen LogP contribution in [-0.4, -0.2) is 46.9 Å². The number of hydrogen-bond donors (Lipinski definition) is 2. The summed E-state index contributed by atoms with van der Waals surface area (Å²) in [5, 5.41) is 21.1. The molecule has 1 amide bonds. The molecule has 8 heteroatoms. The van der Waals surface area contributed by atoms with E-state index in [1.165, 1.54) is 6.07 Å². The highest BCUT2D eigenvalue weighted by molar-refractivity contribution is 5.90. The quantitative estimate of drug-likeness (QED) is 0.865. The van der Waals surface area contributed by atoms with Gasteiger partial charge in [0.25, 0.3) is 0 Å². The van der Waals surface area contributed by atoms with E-state index in [-0.39, 0.29) is 17.2 Å². The molecule has 0 aliphatic carbocycles. The van der Waals surface area contributed by atoms with Crippen molar-refractivity contribution in [2.75, 3.05) is 18.0 Å². The number of hydrogen-bond acceptors (Lipinski definition) is 6. The van der Waals surface area contributed by atoms with Crippen LogP contribution >= 0.6 is 0 Å². The van der Waals surface area contributed by atoms with Crippen LogP contribution in [0, 0.1) is 18.3 Å². The van der Waals surface area contributed by atoms with Gasteiger partial charge in [0.1, 0.15) is 17.5 Å². The van der Waals surface area contributed by atoms with Crippen molar-refractivity contribution in [1.29, 1.82) is 5.26 Å². The van der Waals surface area contributed by atoms with Crippen LogP contribution in [-0.2, 0) is 4.74 Å². The van der Waals surface area contributed by atoms with Crippen molar-refractivity contribution in [2.45, 2.75) is 39.3 Å². The standard InChI is InChI=1S/C16H20N4O4/c1-9-12(14(21)22)5-10(6-17)13(18-9)20-7-11(8-20)19-15(23)24-16(2,3)4/h5,11H,7-8H2,1-4H3,(H,19,23)(H,21,22). The predicted molar refractivity (Wildman–Crippen MR) is 86.0 cm³/mol. The third-order valence-electron chi connectivity index (χ3n) is 3.45. The number of nitrogens with one attached hydrogen (secondary N) is 1. The van der Waals surface area contributed by atoms with Crippen LogP contribution in [0.3, 0.4) is 0 Å². The van der Waals surface area contributed by atoms with Crippen molar-refractivity contribution < 1.29 is 19.4 Å². The SMILES string of the molecule is Cc1nc(N2CC(NC(=O)OC(C)(C)C)C2)c(C#N)cc1C(=O)O. The van der Waals surface area contributed by atoms with Crippen molar-refractivity contribution in [3.63, 3.8) is 0 Å². The van der Waals surface area contributed by atoms with Gasteiger partial charge in [0.15, 0.2) is 0 Å². The number of carboxylic acid groups (broad SMARTS) is 1. The zero-order valence-corrected chi connectivity index (χ0v) is 14.1. The summed E-state index contributed by atoms with van der Waals surface area (Å²) < 4.78 is 5.19. The van der Waals surface area contributed by atoms with Crippen LogP contribution in [0.2, 0.25) is 0 Å². The number of carbonyl (C=O) groups excluding carboxylic acids is 1. The lowest BCUT2D eigenvalue weighted by atomic mass is 10.1. The Hall–Kier alpha value is -2.82. The summed E-state index contributed by atoms with van der Waals surface area (Å²) in [6, 6.07) is 3.20. The molecule has 0 spiro atoms. The van der Waals surface area contributed by atoms with Gasteiger partial charge in [-0.05, 0) is 33.8 Å². The third kappa shape index (κ3) is 3.93. The fourth-order valence-corrected chi connectivity index (χ4v) is 2.35. The molecular formula is C16H20N4O4. The molecule has 0 saturated carbocycles. The number of carboxylic acids is 1. The second-order valence-corrected chi connectivity index (χ2v) is 6.66. The first-order valence-electron chi connectivity index (χ1n) is 7.50. The molecule has 2 N–H and O–H groups in total. The average molecular weight is 332 g/mol. The molecule has 1 aromatic heterocycles. The maximum absolute atomic E-state index is 11.7. The number of amides is 1. The number of nitrogens with zero attached hydrogens (tertiary/aromatic N) is 3. The van der Waals surface area contributed by atoms with E-state index in [0.29, 0.717) is 24.6 Å². The summed E-state index contributed by atoms with van der Waals surface area (Å²) in [4.78, 5) is 28.9. The summed E-state index contributed by atoms with van der Waals surface area (Å²) in [6.07, 6.45) is -0.488. The van der Waals surface area contributed by atoms with E-state index in [4.69, 9.17) is 9.84 Å². The van der Waals surface area contributed by atoms with Gasteiger partial charge in [0.2, 0.25) is 0 Å². The molecule has 1 saturated heterocycles. The first kappa shape index (κ1) is 17.5. The molecule has 1 fully saturated rings. The average Bonchev–Trinajstić information content (AvgIpc) is 2.39. The minimum Gasteiger partial charge on any atom is -0.478 e. The van der Waals surface area contributed by atoms with Gasteiger partial charge in [0.05, 0.1) is 22.9 Å². The number of pyridine rings is 1. The lowest BCUT2D eigenvalue weighted by Gasteiger charge is -2.40. The van der Waals surface area contributed by atoms with Gasteiger partial charge in [-0.15, -0.1) is 0 Å². The van der Waals surface area contributed by atoms with E-state index in [1.807, 2.05) is 11.0 Å². The summed E-state index contributed by atoms with van der Waals surface area (Å²) in [5.41, 5.74) is 0.000312. The Morgan fingerprint density at radius 1 is 1.46 bits per heavy atom. The molecule has 0 atom stereocenters. The number of rotatable bonds is 3. The van der Waals surface area contributed by atoms with Crippen molar-refractivity contribution in [2.24, 2.45) is 0 Å². The van der Waals surface area contributed by atoms with E-state index in [1.54, 1.807) is 27.7 Å². The number of nitriles is 1. The molecule has 0 unspecified atom stereocenters. The molecule has 0 aromatic carbocycles.